The molecule has 3 nitrogen and oxygen atoms in total. The van der Waals surface area contributed by atoms with Crippen LogP contribution in [0.15, 0.2) is 29.1 Å². The molecular formula is C17H24N2O. The van der Waals surface area contributed by atoms with Crippen LogP contribution in [-0.2, 0) is 6.42 Å². The number of hydrogen-bond donors (Lipinski definition) is 1. The summed E-state index contributed by atoms with van der Waals surface area (Å²) in [6, 6.07) is 8.50. The second kappa shape index (κ2) is 6.12. The van der Waals surface area contributed by atoms with Crippen LogP contribution in [0.25, 0.3) is 11.3 Å². The van der Waals surface area contributed by atoms with Crippen LogP contribution in [0.5, 0.6) is 0 Å². The molecule has 0 unspecified atom stereocenters. The fourth-order valence-electron chi connectivity index (χ4n) is 2.40. The largest absolute Gasteiger partial charge is 0.294 e. The molecule has 0 spiro atoms. The highest BCUT2D eigenvalue weighted by molar-refractivity contribution is 5.63. The number of aromatic nitrogens is 2. The van der Waals surface area contributed by atoms with E-state index in [2.05, 4.69) is 43.2 Å². The average Bonchev–Trinajstić information content (AvgIpc) is 2.75. The summed E-state index contributed by atoms with van der Waals surface area (Å²) in [7, 11) is 0. The molecule has 1 aromatic carbocycles. The lowest BCUT2D eigenvalue weighted by atomic mass is 10.0. The van der Waals surface area contributed by atoms with Gasteiger partial charge in [0.2, 0.25) is 0 Å². The number of nitrogens with one attached hydrogen (secondary N) is 1. The molecule has 0 saturated heterocycles. The van der Waals surface area contributed by atoms with Crippen molar-refractivity contribution in [2.24, 2.45) is 0 Å². The van der Waals surface area contributed by atoms with Crippen LogP contribution in [-0.4, -0.2) is 9.78 Å². The minimum absolute atomic E-state index is 0.129. The molecule has 0 bridgehead atoms. The number of rotatable bonds is 5. The van der Waals surface area contributed by atoms with E-state index >= 15 is 0 Å². The number of aryl methyl sites for hydroxylation is 1. The predicted octanol–water partition coefficient (Wildman–Crippen LogP) is 4.08. The van der Waals surface area contributed by atoms with E-state index in [9.17, 15) is 4.79 Å². The quantitative estimate of drug-likeness (QED) is 0.875. The van der Waals surface area contributed by atoms with Gasteiger partial charge in [-0.2, -0.15) is 0 Å². The standard InChI is InChI=1S/C17H24N2O/c1-5-6-7-15-16(14-10-8-13(4)9-11-14)18-19(12(2)3)17(15)20/h8-12,18H,5-7H2,1-4H3. The molecule has 0 atom stereocenters. The van der Waals surface area contributed by atoms with Crippen LogP contribution in [0.3, 0.4) is 0 Å². The lowest BCUT2D eigenvalue weighted by Crippen LogP contribution is -2.20. The van der Waals surface area contributed by atoms with Gasteiger partial charge in [0.25, 0.3) is 5.56 Å². The van der Waals surface area contributed by atoms with Crippen molar-refractivity contribution >= 4 is 0 Å². The Morgan fingerprint density at radius 3 is 2.40 bits per heavy atom. The first kappa shape index (κ1) is 14.6. The van der Waals surface area contributed by atoms with Crippen LogP contribution < -0.4 is 5.56 Å². The van der Waals surface area contributed by atoms with Gasteiger partial charge in [0, 0.05) is 11.6 Å². The summed E-state index contributed by atoms with van der Waals surface area (Å²) in [4.78, 5) is 12.5. The predicted molar refractivity (Wildman–Crippen MR) is 84.2 cm³/mol. The summed E-state index contributed by atoms with van der Waals surface area (Å²) in [5.74, 6) is 0. The Labute approximate surface area is 120 Å². The zero-order valence-electron chi connectivity index (χ0n) is 12.9. The number of hydrogen-bond acceptors (Lipinski definition) is 1. The Bertz CT molecular complexity index is 617. The minimum atomic E-state index is 0.129. The zero-order valence-corrected chi connectivity index (χ0v) is 12.9. The van der Waals surface area contributed by atoms with Crippen LogP contribution >= 0.6 is 0 Å². The monoisotopic (exact) mass is 272 g/mol. The van der Waals surface area contributed by atoms with Gasteiger partial charge in [-0.15, -0.1) is 0 Å². The Kier molecular flexibility index (Phi) is 4.48. The molecular weight excluding hydrogens is 248 g/mol. The summed E-state index contributed by atoms with van der Waals surface area (Å²) >= 11 is 0. The fraction of sp³-hybridized carbons (Fsp3) is 0.471. The molecule has 1 N–H and O–H groups in total. The van der Waals surface area contributed by atoms with Gasteiger partial charge in [0.05, 0.1) is 5.69 Å². The third kappa shape index (κ3) is 2.87. The second-order valence-corrected chi connectivity index (χ2v) is 5.70. The normalized spacial score (nSPS) is 11.2. The molecule has 2 aromatic rings. The van der Waals surface area contributed by atoms with Gasteiger partial charge in [-0.05, 0) is 39.2 Å². The Balaban J connectivity index is 2.52. The van der Waals surface area contributed by atoms with E-state index in [-0.39, 0.29) is 11.6 Å². The summed E-state index contributed by atoms with van der Waals surface area (Å²) in [6.07, 6.45) is 2.98. The van der Waals surface area contributed by atoms with Crippen molar-refractivity contribution in [3.63, 3.8) is 0 Å². The van der Waals surface area contributed by atoms with Crippen molar-refractivity contribution in [3.8, 4) is 11.3 Å². The number of nitrogens with zero attached hydrogens (tertiary/aromatic N) is 1. The second-order valence-electron chi connectivity index (χ2n) is 5.70. The maximum absolute atomic E-state index is 12.5. The molecule has 0 amide bonds. The molecule has 0 fully saturated rings. The van der Waals surface area contributed by atoms with Crippen LogP contribution in [0.1, 0.15) is 50.8 Å². The van der Waals surface area contributed by atoms with E-state index in [1.165, 1.54) is 5.56 Å². The summed E-state index contributed by atoms with van der Waals surface area (Å²) < 4.78 is 1.74. The fourth-order valence-corrected chi connectivity index (χ4v) is 2.40. The van der Waals surface area contributed by atoms with Crippen LogP contribution in [0.2, 0.25) is 0 Å². The van der Waals surface area contributed by atoms with Crippen molar-refractivity contribution in [2.75, 3.05) is 0 Å². The highest BCUT2D eigenvalue weighted by Crippen LogP contribution is 2.22. The van der Waals surface area contributed by atoms with E-state index in [1.54, 1.807) is 4.68 Å². The van der Waals surface area contributed by atoms with E-state index in [4.69, 9.17) is 0 Å². The van der Waals surface area contributed by atoms with Gasteiger partial charge in [0.1, 0.15) is 0 Å². The number of benzene rings is 1. The third-order valence-electron chi connectivity index (χ3n) is 3.65. The molecule has 108 valence electrons. The first-order valence-corrected chi connectivity index (χ1v) is 7.45. The molecule has 0 radical (unpaired) electrons. The zero-order chi connectivity index (χ0) is 14.7. The van der Waals surface area contributed by atoms with Gasteiger partial charge in [-0.1, -0.05) is 43.2 Å². The van der Waals surface area contributed by atoms with E-state index in [1.807, 2.05) is 13.8 Å². The highest BCUT2D eigenvalue weighted by Gasteiger charge is 2.16. The van der Waals surface area contributed by atoms with Crippen molar-refractivity contribution in [1.29, 1.82) is 0 Å². The Morgan fingerprint density at radius 2 is 1.85 bits per heavy atom. The van der Waals surface area contributed by atoms with E-state index in [0.717, 1.165) is 36.1 Å². The minimum Gasteiger partial charge on any atom is -0.294 e. The van der Waals surface area contributed by atoms with Crippen molar-refractivity contribution in [3.05, 3.63) is 45.7 Å². The maximum atomic E-state index is 12.5. The van der Waals surface area contributed by atoms with Crippen LogP contribution in [0, 0.1) is 6.92 Å². The van der Waals surface area contributed by atoms with Gasteiger partial charge in [-0.25, -0.2) is 4.68 Å². The number of aromatic amines is 1. The summed E-state index contributed by atoms with van der Waals surface area (Å²) in [5.41, 5.74) is 4.36. The molecule has 0 aliphatic heterocycles. The molecule has 3 heteroatoms. The Hall–Kier alpha value is -1.77. The molecule has 2 rings (SSSR count). The summed E-state index contributed by atoms with van der Waals surface area (Å²) in [5, 5.41) is 3.30. The SMILES string of the molecule is CCCCc1c(-c2ccc(C)cc2)[nH]n(C(C)C)c1=O. The highest BCUT2D eigenvalue weighted by atomic mass is 16.1. The lowest BCUT2D eigenvalue weighted by molar-refractivity contribution is 0.517. The first-order valence-electron chi connectivity index (χ1n) is 7.45. The van der Waals surface area contributed by atoms with E-state index in [0.29, 0.717) is 0 Å². The topological polar surface area (TPSA) is 37.8 Å². The van der Waals surface area contributed by atoms with Gasteiger partial charge in [-0.3, -0.25) is 9.89 Å². The maximum Gasteiger partial charge on any atom is 0.270 e. The molecule has 1 heterocycles. The first-order chi connectivity index (χ1) is 9.54. The molecule has 1 aromatic heterocycles. The third-order valence-corrected chi connectivity index (χ3v) is 3.65. The van der Waals surface area contributed by atoms with E-state index < -0.39 is 0 Å². The average molecular weight is 272 g/mol. The lowest BCUT2D eigenvalue weighted by Gasteiger charge is -2.05. The van der Waals surface area contributed by atoms with Gasteiger partial charge < -0.3 is 0 Å². The van der Waals surface area contributed by atoms with Crippen molar-refractivity contribution < 1.29 is 0 Å². The summed E-state index contributed by atoms with van der Waals surface area (Å²) in [6.45, 7) is 8.28. The molecule has 0 saturated carbocycles. The number of unbranched alkanes of at least 4 members (excludes halogenated alkanes) is 1. The molecule has 0 aliphatic carbocycles. The van der Waals surface area contributed by atoms with Gasteiger partial charge >= 0.3 is 0 Å². The molecule has 0 aliphatic rings. The van der Waals surface area contributed by atoms with Crippen LogP contribution in [0.4, 0.5) is 0 Å². The number of H-pyrrole nitrogens is 1. The molecule has 20 heavy (non-hydrogen) atoms. The Morgan fingerprint density at radius 1 is 1.20 bits per heavy atom. The van der Waals surface area contributed by atoms with Crippen molar-refractivity contribution in [2.45, 2.75) is 53.0 Å². The smallest absolute Gasteiger partial charge is 0.270 e. The van der Waals surface area contributed by atoms with Gasteiger partial charge in [0.15, 0.2) is 0 Å². The van der Waals surface area contributed by atoms with Crippen molar-refractivity contribution in [1.82, 2.24) is 9.78 Å².